The van der Waals surface area contributed by atoms with Crippen LogP contribution in [0.15, 0.2) is 70.1 Å². The number of hydrogen-bond donors (Lipinski definition) is 0. The van der Waals surface area contributed by atoms with Crippen LogP contribution >= 0.6 is 0 Å². The van der Waals surface area contributed by atoms with E-state index in [4.69, 9.17) is 0 Å². The third kappa shape index (κ3) is 4.80. The second kappa shape index (κ2) is 10.7. The molecule has 140 valence electrons. The van der Waals surface area contributed by atoms with Gasteiger partial charge in [0.15, 0.2) is 0 Å². The molecule has 2 aromatic carbocycles. The third-order valence-corrected chi connectivity index (χ3v) is 8.27. The summed E-state index contributed by atoms with van der Waals surface area (Å²) in [4.78, 5) is 0. The Morgan fingerprint density at radius 1 is 0.852 bits per heavy atom. The average molecular weight is 433 g/mol. The Morgan fingerprint density at radius 2 is 1.48 bits per heavy atom. The fourth-order valence-electron chi connectivity index (χ4n) is 4.16. The molecule has 0 spiro atoms. The maximum atomic E-state index is 2.43. The summed E-state index contributed by atoms with van der Waals surface area (Å²) in [5.41, 5.74) is 7.78. The number of hydrogen-bond acceptors (Lipinski definition) is 0. The van der Waals surface area contributed by atoms with Gasteiger partial charge >= 0.3 is 161 Å². The molecule has 0 saturated carbocycles. The van der Waals surface area contributed by atoms with Gasteiger partial charge in [0.2, 0.25) is 0 Å². The van der Waals surface area contributed by atoms with E-state index in [-0.39, 0.29) is 44.0 Å². The first-order valence-electron chi connectivity index (χ1n) is 9.72. The van der Waals surface area contributed by atoms with Crippen LogP contribution in [0.2, 0.25) is 0 Å². The van der Waals surface area contributed by atoms with Crippen molar-refractivity contribution >= 4 is 0 Å². The normalized spacial score (nSPS) is 14.3. The Hall–Kier alpha value is -0.786. The fourth-order valence-corrected chi connectivity index (χ4v) is 6.96. The van der Waals surface area contributed by atoms with E-state index in [0.717, 1.165) is 0 Å². The summed E-state index contributed by atoms with van der Waals surface area (Å²) >= 11 is -0.172. The van der Waals surface area contributed by atoms with Crippen LogP contribution in [0.4, 0.5) is 0 Å². The molecule has 2 aliphatic rings. The van der Waals surface area contributed by atoms with E-state index in [0.29, 0.717) is 4.22 Å². The van der Waals surface area contributed by atoms with E-state index < -0.39 is 0 Å². The van der Waals surface area contributed by atoms with Crippen molar-refractivity contribution in [2.45, 2.75) is 49.7 Å². The molecule has 0 fully saturated rings. The van der Waals surface area contributed by atoms with Gasteiger partial charge < -0.3 is 24.8 Å². The molecule has 2 aliphatic carbocycles. The Labute approximate surface area is 185 Å². The van der Waals surface area contributed by atoms with E-state index >= 15 is 0 Å². The third-order valence-electron chi connectivity index (χ3n) is 5.48. The van der Waals surface area contributed by atoms with E-state index in [9.17, 15) is 0 Å². The number of unbranched alkanes of at least 4 members (excludes halogenated alkanes) is 3. The van der Waals surface area contributed by atoms with Crippen molar-refractivity contribution in [1.82, 2.24) is 0 Å². The zero-order chi connectivity index (χ0) is 17.1. The van der Waals surface area contributed by atoms with Crippen LogP contribution in [0, 0.1) is 0 Å². The topological polar surface area (TPSA) is 0 Å². The first kappa shape index (κ1) is 22.5. The Morgan fingerprint density at radius 3 is 2.11 bits per heavy atom. The first-order chi connectivity index (χ1) is 12.4. The molecule has 0 amide bonds. The van der Waals surface area contributed by atoms with Gasteiger partial charge in [-0.15, -0.1) is 0 Å². The van der Waals surface area contributed by atoms with E-state index in [1.807, 2.05) is 0 Å². The Balaban J connectivity index is 0.00000131. The SMILES string of the molecule is CCCCCCC1=[C]([Ti+2][CH]2c3ccccc3-c3ccccc32)CC=C1.[Cl-].[Cl-]. The molecule has 0 bridgehead atoms. The van der Waals surface area contributed by atoms with Crippen LogP contribution in [0.25, 0.3) is 11.1 Å². The molecule has 0 heterocycles. The molecule has 27 heavy (non-hydrogen) atoms. The van der Waals surface area contributed by atoms with Gasteiger partial charge in [0.25, 0.3) is 0 Å². The van der Waals surface area contributed by atoms with Gasteiger partial charge in [-0.1, -0.05) is 0 Å². The molecular formula is C24H26Cl2Ti. The van der Waals surface area contributed by atoms with Crippen LogP contribution in [0.1, 0.15) is 60.8 Å². The molecule has 0 aromatic heterocycles. The number of allylic oxidation sites excluding steroid dienone is 4. The summed E-state index contributed by atoms with van der Waals surface area (Å²) in [6.45, 7) is 2.29. The molecule has 0 unspecified atom stereocenters. The molecule has 0 radical (unpaired) electrons. The maximum absolute atomic E-state index is 2.43. The Kier molecular flexibility index (Phi) is 8.90. The second-order valence-corrected chi connectivity index (χ2v) is 9.47. The summed E-state index contributed by atoms with van der Waals surface area (Å²) in [6, 6.07) is 18.2. The molecule has 3 heteroatoms. The molecular weight excluding hydrogens is 407 g/mol. The van der Waals surface area contributed by atoms with Crippen molar-refractivity contribution in [2.75, 3.05) is 0 Å². The van der Waals surface area contributed by atoms with Crippen LogP contribution in [0.5, 0.6) is 0 Å². The van der Waals surface area contributed by atoms with E-state index in [2.05, 4.69) is 67.6 Å². The van der Waals surface area contributed by atoms with Gasteiger partial charge in [-0.2, -0.15) is 0 Å². The fraction of sp³-hybridized carbons (Fsp3) is 0.333. The van der Waals surface area contributed by atoms with Crippen LogP contribution in [0.3, 0.4) is 0 Å². The minimum Gasteiger partial charge on any atom is -1.00 e. The van der Waals surface area contributed by atoms with Crippen LogP contribution in [-0.2, 0) is 19.2 Å². The smallest absolute Gasteiger partial charge is 1.00 e. The van der Waals surface area contributed by atoms with Crippen molar-refractivity contribution in [2.24, 2.45) is 0 Å². The van der Waals surface area contributed by atoms with Crippen LogP contribution in [-0.4, -0.2) is 0 Å². The standard InChI is InChI=1S/C13H9.C11H17.2ClH.Ti/c1-3-7-12-10(5-1)9-11-6-2-4-8-13(11)12;1-2-3-4-5-8-11-9-6-7-10-11;;;/h1-9H;6,9H,2-5,7-8H2,1H3;2*1H;/q;;;;+2/p-2. The van der Waals surface area contributed by atoms with Gasteiger partial charge in [0.1, 0.15) is 0 Å². The number of benzene rings is 2. The van der Waals surface area contributed by atoms with Crippen molar-refractivity contribution in [3.8, 4) is 11.1 Å². The quantitative estimate of drug-likeness (QED) is 0.452. The maximum Gasteiger partial charge on any atom is -1.00 e. The number of halogens is 2. The summed E-state index contributed by atoms with van der Waals surface area (Å²) < 4.78 is 2.46. The first-order valence-corrected chi connectivity index (χ1v) is 11.4. The predicted molar refractivity (Wildman–Crippen MR) is 103 cm³/mol. The summed E-state index contributed by atoms with van der Waals surface area (Å²) in [5, 5.41) is 0. The zero-order valence-corrected chi connectivity index (χ0v) is 18.9. The Bertz CT molecular complexity index is 777. The van der Waals surface area contributed by atoms with Crippen molar-refractivity contribution < 1.29 is 44.0 Å². The molecule has 0 nitrogen and oxygen atoms in total. The summed E-state index contributed by atoms with van der Waals surface area (Å²) in [5.74, 6) is 0. The molecule has 0 atom stereocenters. The van der Waals surface area contributed by atoms with Gasteiger partial charge in [0, 0.05) is 0 Å². The van der Waals surface area contributed by atoms with Crippen molar-refractivity contribution in [1.29, 1.82) is 0 Å². The predicted octanol–water partition coefficient (Wildman–Crippen LogP) is 1.03. The zero-order valence-electron chi connectivity index (χ0n) is 15.8. The van der Waals surface area contributed by atoms with Crippen molar-refractivity contribution in [3.63, 3.8) is 0 Å². The molecule has 0 N–H and O–H groups in total. The summed E-state index contributed by atoms with van der Waals surface area (Å²) in [6.07, 6.45) is 12.8. The second-order valence-electron chi connectivity index (χ2n) is 7.17. The molecule has 0 saturated heterocycles. The molecule has 4 rings (SSSR count). The van der Waals surface area contributed by atoms with Gasteiger partial charge in [-0.3, -0.25) is 0 Å². The minimum absolute atomic E-state index is 0. The van der Waals surface area contributed by atoms with E-state index in [1.165, 1.54) is 49.7 Å². The molecule has 2 aromatic rings. The van der Waals surface area contributed by atoms with E-state index in [1.54, 1.807) is 20.6 Å². The largest absolute Gasteiger partial charge is 1.00 e. The monoisotopic (exact) mass is 432 g/mol. The summed E-state index contributed by atoms with van der Waals surface area (Å²) in [7, 11) is 0. The van der Waals surface area contributed by atoms with Gasteiger partial charge in [0.05, 0.1) is 0 Å². The van der Waals surface area contributed by atoms with Crippen LogP contribution < -0.4 is 24.8 Å². The number of rotatable bonds is 7. The van der Waals surface area contributed by atoms with Gasteiger partial charge in [-0.25, -0.2) is 0 Å². The van der Waals surface area contributed by atoms with Crippen molar-refractivity contribution in [3.05, 3.63) is 81.3 Å². The number of fused-ring (bicyclic) bond motifs is 3. The van der Waals surface area contributed by atoms with Gasteiger partial charge in [-0.05, 0) is 0 Å². The molecule has 0 aliphatic heterocycles. The minimum atomic E-state index is -0.172. The average Bonchev–Trinajstić information content (AvgIpc) is 3.23.